The van der Waals surface area contributed by atoms with Gasteiger partial charge < -0.3 is 13.7 Å². The number of halogens is 1. The summed E-state index contributed by atoms with van der Waals surface area (Å²) in [6.07, 6.45) is 0.359. The molecule has 126 valence electrons. The van der Waals surface area contributed by atoms with Crippen molar-refractivity contribution < 1.29 is 18.1 Å². The quantitative estimate of drug-likeness (QED) is 0.547. The van der Waals surface area contributed by atoms with E-state index in [9.17, 15) is 4.39 Å². The number of fused-ring (bicyclic) bond motifs is 1. The smallest absolute Gasteiger partial charge is 0.238 e. The third kappa shape index (κ3) is 2.87. The number of ether oxygens (including phenoxy) is 1. The highest BCUT2D eigenvalue weighted by Gasteiger charge is 2.18. The van der Waals surface area contributed by atoms with Gasteiger partial charge in [0.2, 0.25) is 11.7 Å². The van der Waals surface area contributed by atoms with Crippen LogP contribution in [0.15, 0.2) is 51.4 Å². The molecule has 4 aromatic rings. The first-order valence-electron chi connectivity index (χ1n) is 7.78. The lowest BCUT2D eigenvalue weighted by molar-refractivity contribution is 0.384. The van der Waals surface area contributed by atoms with Crippen molar-refractivity contribution in [2.24, 2.45) is 0 Å². The zero-order chi connectivity index (χ0) is 17.4. The molecule has 0 N–H and O–H groups in total. The topological polar surface area (TPSA) is 61.3 Å². The van der Waals surface area contributed by atoms with Crippen LogP contribution in [0.3, 0.4) is 0 Å². The molecule has 6 heteroatoms. The van der Waals surface area contributed by atoms with Crippen LogP contribution in [0.1, 0.15) is 17.0 Å². The van der Waals surface area contributed by atoms with E-state index in [4.69, 9.17) is 13.7 Å². The van der Waals surface area contributed by atoms with Gasteiger partial charge in [0, 0.05) is 10.9 Å². The summed E-state index contributed by atoms with van der Waals surface area (Å²) in [4.78, 5) is 4.38. The molecule has 0 saturated heterocycles. The lowest BCUT2D eigenvalue weighted by atomic mass is 10.1. The van der Waals surface area contributed by atoms with Crippen LogP contribution in [0.2, 0.25) is 0 Å². The number of benzene rings is 2. The number of hydrogen-bond donors (Lipinski definition) is 0. The van der Waals surface area contributed by atoms with Crippen LogP contribution in [0.5, 0.6) is 5.75 Å². The van der Waals surface area contributed by atoms with E-state index >= 15 is 0 Å². The normalized spacial score (nSPS) is 11.2. The Morgan fingerprint density at radius 3 is 2.84 bits per heavy atom. The van der Waals surface area contributed by atoms with Crippen LogP contribution in [0, 0.1) is 12.7 Å². The van der Waals surface area contributed by atoms with Gasteiger partial charge in [-0.2, -0.15) is 4.98 Å². The van der Waals surface area contributed by atoms with Crippen molar-refractivity contribution in [1.82, 2.24) is 10.1 Å². The van der Waals surface area contributed by atoms with Crippen molar-refractivity contribution in [1.29, 1.82) is 0 Å². The number of furan rings is 1. The van der Waals surface area contributed by atoms with Crippen molar-refractivity contribution in [3.63, 3.8) is 0 Å². The molecule has 4 rings (SSSR count). The lowest BCUT2D eigenvalue weighted by Crippen LogP contribution is -1.89. The molecule has 2 aromatic heterocycles. The number of hydrogen-bond acceptors (Lipinski definition) is 5. The van der Waals surface area contributed by atoms with Crippen molar-refractivity contribution in [3.05, 3.63) is 65.3 Å². The number of methoxy groups -OCH3 is 1. The molecule has 0 spiro atoms. The average molecular weight is 338 g/mol. The summed E-state index contributed by atoms with van der Waals surface area (Å²) in [7, 11) is 1.62. The van der Waals surface area contributed by atoms with E-state index in [-0.39, 0.29) is 5.82 Å². The summed E-state index contributed by atoms with van der Waals surface area (Å²) in [6.45, 7) is 1.93. The van der Waals surface area contributed by atoms with Gasteiger partial charge in [-0.1, -0.05) is 17.3 Å². The minimum atomic E-state index is -0.292. The Morgan fingerprint density at radius 2 is 2.04 bits per heavy atom. The standard InChI is InChI=1S/C19H15FN2O3/c1-11-15-10-14(23-2)6-7-16(15)24-18(11)19-21-17(25-22-19)9-12-4-3-5-13(20)8-12/h3-8,10H,9H2,1-2H3. The van der Waals surface area contributed by atoms with Crippen LogP contribution in [0.4, 0.5) is 4.39 Å². The first kappa shape index (κ1) is 15.4. The Labute approximate surface area is 143 Å². The molecule has 0 radical (unpaired) electrons. The lowest BCUT2D eigenvalue weighted by Gasteiger charge is -1.97. The summed E-state index contributed by atoms with van der Waals surface area (Å²) < 4.78 is 29.7. The van der Waals surface area contributed by atoms with Crippen molar-refractivity contribution in [2.75, 3.05) is 7.11 Å². The second-order valence-electron chi connectivity index (χ2n) is 5.74. The van der Waals surface area contributed by atoms with Gasteiger partial charge in [0.05, 0.1) is 13.5 Å². The van der Waals surface area contributed by atoms with Crippen LogP contribution in [-0.4, -0.2) is 17.3 Å². The van der Waals surface area contributed by atoms with Crippen LogP contribution < -0.4 is 4.74 Å². The van der Waals surface area contributed by atoms with Gasteiger partial charge in [0.1, 0.15) is 17.1 Å². The predicted octanol–water partition coefficient (Wildman–Crippen LogP) is 4.53. The van der Waals surface area contributed by atoms with Crippen molar-refractivity contribution in [2.45, 2.75) is 13.3 Å². The zero-order valence-electron chi connectivity index (χ0n) is 13.7. The van der Waals surface area contributed by atoms with Gasteiger partial charge in [-0.05, 0) is 42.8 Å². The molecule has 0 unspecified atom stereocenters. The van der Waals surface area contributed by atoms with Gasteiger partial charge in [-0.15, -0.1) is 0 Å². The fraction of sp³-hybridized carbons (Fsp3) is 0.158. The second-order valence-corrected chi connectivity index (χ2v) is 5.74. The third-order valence-corrected chi connectivity index (χ3v) is 4.06. The van der Waals surface area contributed by atoms with Gasteiger partial charge in [0.25, 0.3) is 0 Å². The Bertz CT molecular complexity index is 1050. The van der Waals surface area contributed by atoms with Crippen molar-refractivity contribution in [3.8, 4) is 17.3 Å². The largest absolute Gasteiger partial charge is 0.497 e. The van der Waals surface area contributed by atoms with E-state index in [1.54, 1.807) is 13.2 Å². The number of nitrogens with zero attached hydrogens (tertiary/aromatic N) is 2. The van der Waals surface area contributed by atoms with Crippen LogP contribution in [0.25, 0.3) is 22.6 Å². The highest BCUT2D eigenvalue weighted by Crippen LogP contribution is 2.33. The predicted molar refractivity (Wildman–Crippen MR) is 90.0 cm³/mol. The molecule has 5 nitrogen and oxygen atoms in total. The first-order chi connectivity index (χ1) is 12.1. The molecular weight excluding hydrogens is 323 g/mol. The SMILES string of the molecule is COc1ccc2oc(-c3noc(Cc4cccc(F)c4)n3)c(C)c2c1. The summed E-state index contributed by atoms with van der Waals surface area (Å²) in [5.74, 6) is 1.79. The molecule has 0 aliphatic rings. The molecule has 25 heavy (non-hydrogen) atoms. The minimum Gasteiger partial charge on any atom is -0.497 e. The van der Waals surface area contributed by atoms with Crippen molar-refractivity contribution >= 4 is 11.0 Å². The molecule has 0 fully saturated rings. The minimum absolute atomic E-state index is 0.292. The Kier molecular flexibility index (Phi) is 3.72. The Hall–Kier alpha value is -3.15. The van der Waals surface area contributed by atoms with Crippen LogP contribution in [-0.2, 0) is 6.42 Å². The molecule has 2 heterocycles. The Balaban J connectivity index is 1.68. The maximum Gasteiger partial charge on any atom is 0.238 e. The molecule has 0 aliphatic heterocycles. The van der Waals surface area contributed by atoms with Gasteiger partial charge in [-0.25, -0.2) is 4.39 Å². The number of aromatic nitrogens is 2. The van der Waals surface area contributed by atoms with E-state index in [2.05, 4.69) is 10.1 Å². The maximum absolute atomic E-state index is 13.3. The zero-order valence-corrected chi connectivity index (χ0v) is 13.7. The number of rotatable bonds is 4. The molecule has 0 amide bonds. The third-order valence-electron chi connectivity index (χ3n) is 4.06. The second kappa shape index (κ2) is 6.05. The van der Waals surface area contributed by atoms with Gasteiger partial charge >= 0.3 is 0 Å². The summed E-state index contributed by atoms with van der Waals surface area (Å²) in [6, 6.07) is 11.9. The fourth-order valence-corrected chi connectivity index (χ4v) is 2.78. The summed E-state index contributed by atoms with van der Waals surface area (Å²) in [5.41, 5.74) is 2.40. The monoisotopic (exact) mass is 338 g/mol. The van der Waals surface area contributed by atoms with E-state index in [0.29, 0.717) is 23.9 Å². The average Bonchev–Trinajstić information content (AvgIpc) is 3.19. The maximum atomic E-state index is 13.3. The van der Waals surface area contributed by atoms with E-state index in [0.717, 1.165) is 27.8 Å². The summed E-state index contributed by atoms with van der Waals surface area (Å²) >= 11 is 0. The molecule has 2 aromatic carbocycles. The highest BCUT2D eigenvalue weighted by molar-refractivity contribution is 5.87. The highest BCUT2D eigenvalue weighted by atomic mass is 19.1. The van der Waals surface area contributed by atoms with Gasteiger partial charge in [-0.3, -0.25) is 0 Å². The molecule has 0 bridgehead atoms. The molecule has 0 aliphatic carbocycles. The Morgan fingerprint density at radius 1 is 1.16 bits per heavy atom. The fourth-order valence-electron chi connectivity index (χ4n) is 2.78. The van der Waals surface area contributed by atoms with E-state index in [1.165, 1.54) is 12.1 Å². The first-order valence-corrected chi connectivity index (χ1v) is 7.78. The van der Waals surface area contributed by atoms with Gasteiger partial charge in [0.15, 0.2) is 5.76 Å². The van der Waals surface area contributed by atoms with Crippen LogP contribution >= 0.6 is 0 Å². The molecule has 0 saturated carbocycles. The molecule has 0 atom stereocenters. The van der Waals surface area contributed by atoms with E-state index < -0.39 is 0 Å². The number of aryl methyl sites for hydroxylation is 1. The summed E-state index contributed by atoms with van der Waals surface area (Å²) in [5, 5.41) is 4.93. The molecular formula is C19H15FN2O3. The van der Waals surface area contributed by atoms with E-state index in [1.807, 2.05) is 31.2 Å².